The van der Waals surface area contributed by atoms with Crippen molar-refractivity contribution in [1.82, 2.24) is 25.1 Å². The quantitative estimate of drug-likeness (QED) is 0.604. The number of nitrogens with one attached hydrogen (secondary N) is 3. The number of carbonyl (C=O) groups is 2. The van der Waals surface area contributed by atoms with Gasteiger partial charge in [0.15, 0.2) is 0 Å². The number of imide groups is 1. The van der Waals surface area contributed by atoms with Gasteiger partial charge in [-0.25, -0.2) is 13.2 Å². The van der Waals surface area contributed by atoms with E-state index in [1.165, 1.54) is 4.31 Å². The average Bonchev–Trinajstić information content (AvgIpc) is 3.02. The Morgan fingerprint density at radius 2 is 2.00 bits per heavy atom. The predicted octanol–water partition coefficient (Wildman–Crippen LogP) is -1.00. The van der Waals surface area contributed by atoms with E-state index in [2.05, 4.69) is 20.8 Å². The van der Waals surface area contributed by atoms with E-state index < -0.39 is 27.5 Å². The van der Waals surface area contributed by atoms with Crippen LogP contribution in [0.5, 0.6) is 0 Å². The van der Waals surface area contributed by atoms with Gasteiger partial charge in [-0.15, -0.1) is 0 Å². The van der Waals surface area contributed by atoms with Crippen LogP contribution in [0.2, 0.25) is 0 Å². The number of aromatic amines is 1. The molecular formula is C11H15N5O4S. The zero-order chi connectivity index (χ0) is 15.4. The molecule has 9 nitrogen and oxygen atoms in total. The standard InChI is InChI=1S/C11H15N5O4S/c1-6-8(7(2)15-14-6)21(19,20)16-4-3-11(5-16)9(17)12-10(18)13-11/h3-5H2,1-2H3,(H,14,15)(H2,12,13,17,18). The van der Waals surface area contributed by atoms with Crippen molar-refractivity contribution in [3.63, 3.8) is 0 Å². The highest BCUT2D eigenvalue weighted by Gasteiger charge is 2.53. The van der Waals surface area contributed by atoms with Gasteiger partial charge >= 0.3 is 6.03 Å². The minimum atomic E-state index is -3.75. The first-order valence-corrected chi connectivity index (χ1v) is 7.86. The highest BCUT2D eigenvalue weighted by Crippen LogP contribution is 2.31. The molecule has 0 bridgehead atoms. The first kappa shape index (κ1) is 14.0. The number of sulfonamides is 1. The SMILES string of the molecule is Cc1n[nH]c(C)c1S(=O)(=O)N1CCC2(C1)NC(=O)NC2=O. The highest BCUT2D eigenvalue weighted by atomic mass is 32.2. The number of H-pyrrole nitrogens is 1. The molecule has 1 atom stereocenters. The topological polar surface area (TPSA) is 124 Å². The van der Waals surface area contributed by atoms with Crippen molar-refractivity contribution < 1.29 is 18.0 Å². The number of amides is 3. The van der Waals surface area contributed by atoms with Crippen LogP contribution in [0, 0.1) is 13.8 Å². The van der Waals surface area contributed by atoms with Crippen LogP contribution in [-0.4, -0.2) is 53.5 Å². The molecule has 2 fully saturated rings. The second-order valence-electron chi connectivity index (χ2n) is 5.34. The maximum absolute atomic E-state index is 12.7. The number of nitrogens with zero attached hydrogens (tertiary/aromatic N) is 2. The van der Waals surface area contributed by atoms with E-state index in [0.29, 0.717) is 11.4 Å². The predicted molar refractivity (Wildman–Crippen MR) is 70.8 cm³/mol. The largest absolute Gasteiger partial charge is 0.322 e. The molecule has 1 aromatic heterocycles. The highest BCUT2D eigenvalue weighted by molar-refractivity contribution is 7.89. The molecule has 1 unspecified atom stereocenters. The van der Waals surface area contributed by atoms with Crippen LogP contribution >= 0.6 is 0 Å². The molecule has 3 rings (SSSR count). The Morgan fingerprint density at radius 1 is 1.29 bits per heavy atom. The molecule has 1 aromatic rings. The maximum Gasteiger partial charge on any atom is 0.322 e. The molecule has 0 saturated carbocycles. The zero-order valence-electron chi connectivity index (χ0n) is 11.6. The summed E-state index contributed by atoms with van der Waals surface area (Å²) in [4.78, 5) is 23.3. The lowest BCUT2D eigenvalue weighted by molar-refractivity contribution is -0.123. The summed E-state index contributed by atoms with van der Waals surface area (Å²) in [5.41, 5.74) is -0.322. The number of urea groups is 1. The Morgan fingerprint density at radius 3 is 2.52 bits per heavy atom. The summed E-state index contributed by atoms with van der Waals surface area (Å²) in [6, 6.07) is -0.588. The van der Waals surface area contributed by atoms with Crippen LogP contribution in [0.1, 0.15) is 17.8 Å². The average molecular weight is 313 g/mol. The van der Waals surface area contributed by atoms with Gasteiger partial charge in [0.25, 0.3) is 5.91 Å². The molecule has 10 heteroatoms. The van der Waals surface area contributed by atoms with Crippen molar-refractivity contribution in [1.29, 1.82) is 0 Å². The summed E-state index contributed by atoms with van der Waals surface area (Å²) in [6.45, 7) is 3.33. The molecule has 21 heavy (non-hydrogen) atoms. The minimum absolute atomic E-state index is 0.0725. The van der Waals surface area contributed by atoms with Gasteiger partial charge in [0, 0.05) is 13.1 Å². The summed E-state index contributed by atoms with van der Waals surface area (Å²) in [5.74, 6) is -0.481. The molecule has 0 aliphatic carbocycles. The fourth-order valence-corrected chi connectivity index (χ4v) is 4.68. The number of hydrogen-bond donors (Lipinski definition) is 3. The molecule has 2 aliphatic rings. The molecule has 0 aromatic carbocycles. The van der Waals surface area contributed by atoms with Crippen molar-refractivity contribution in [3.8, 4) is 0 Å². The van der Waals surface area contributed by atoms with Crippen LogP contribution in [0.25, 0.3) is 0 Å². The number of aromatic nitrogens is 2. The van der Waals surface area contributed by atoms with Gasteiger partial charge in [0.1, 0.15) is 10.4 Å². The molecule has 2 aliphatic heterocycles. The normalized spacial score (nSPS) is 26.4. The fraction of sp³-hybridized carbons (Fsp3) is 0.545. The van der Waals surface area contributed by atoms with Crippen LogP contribution < -0.4 is 10.6 Å². The number of carbonyl (C=O) groups excluding carboxylic acids is 2. The van der Waals surface area contributed by atoms with Crippen molar-refractivity contribution in [2.45, 2.75) is 30.7 Å². The molecule has 3 heterocycles. The third-order valence-corrected chi connectivity index (χ3v) is 6.02. The van der Waals surface area contributed by atoms with Gasteiger partial charge in [0.2, 0.25) is 10.0 Å². The van der Waals surface area contributed by atoms with Crippen molar-refractivity contribution in [3.05, 3.63) is 11.4 Å². The molecule has 114 valence electrons. The lowest BCUT2D eigenvalue weighted by Crippen LogP contribution is -2.49. The number of aryl methyl sites for hydroxylation is 2. The summed E-state index contributed by atoms with van der Waals surface area (Å²) in [6.07, 6.45) is 0.250. The second kappa shape index (κ2) is 4.28. The van der Waals surface area contributed by atoms with Gasteiger partial charge in [-0.2, -0.15) is 9.40 Å². The lowest BCUT2D eigenvalue weighted by Gasteiger charge is -2.21. The van der Waals surface area contributed by atoms with Crippen molar-refractivity contribution in [2.24, 2.45) is 0 Å². The summed E-state index contributed by atoms with van der Waals surface area (Å²) in [5, 5.41) is 11.2. The van der Waals surface area contributed by atoms with Crippen LogP contribution in [-0.2, 0) is 14.8 Å². The lowest BCUT2D eigenvalue weighted by atomic mass is 10.00. The van der Waals surface area contributed by atoms with Crippen molar-refractivity contribution in [2.75, 3.05) is 13.1 Å². The number of rotatable bonds is 2. The van der Waals surface area contributed by atoms with Gasteiger partial charge in [0.05, 0.1) is 11.4 Å². The van der Waals surface area contributed by atoms with Gasteiger partial charge in [-0.05, 0) is 20.3 Å². The minimum Gasteiger partial charge on any atom is -0.322 e. The van der Waals surface area contributed by atoms with E-state index in [1.807, 2.05) is 0 Å². The Kier molecular flexibility index (Phi) is 2.85. The van der Waals surface area contributed by atoms with Crippen LogP contribution in [0.3, 0.4) is 0 Å². The third-order valence-electron chi connectivity index (χ3n) is 3.91. The third kappa shape index (κ3) is 1.94. The Balaban J connectivity index is 1.93. The molecule has 2 saturated heterocycles. The van der Waals surface area contributed by atoms with Gasteiger partial charge in [-0.3, -0.25) is 15.2 Å². The molecule has 3 amide bonds. The second-order valence-corrected chi connectivity index (χ2v) is 7.22. The molecule has 0 radical (unpaired) electrons. The van der Waals surface area contributed by atoms with Gasteiger partial charge < -0.3 is 5.32 Å². The summed E-state index contributed by atoms with van der Waals surface area (Å²) in [7, 11) is -3.75. The molecular weight excluding hydrogens is 298 g/mol. The summed E-state index contributed by atoms with van der Waals surface area (Å²) < 4.78 is 26.6. The molecule has 3 N–H and O–H groups in total. The van der Waals surface area contributed by atoms with Crippen molar-refractivity contribution >= 4 is 22.0 Å². The smallest absolute Gasteiger partial charge is 0.322 e. The Labute approximate surface area is 121 Å². The molecule has 1 spiro atoms. The summed E-state index contributed by atoms with van der Waals surface area (Å²) >= 11 is 0. The van der Waals surface area contributed by atoms with E-state index in [1.54, 1.807) is 13.8 Å². The number of hydrogen-bond acceptors (Lipinski definition) is 5. The van der Waals surface area contributed by atoms with Gasteiger partial charge in [-0.1, -0.05) is 0 Å². The first-order valence-electron chi connectivity index (χ1n) is 6.42. The Bertz CT molecular complexity index is 720. The van der Waals surface area contributed by atoms with Crippen LogP contribution in [0.15, 0.2) is 4.90 Å². The monoisotopic (exact) mass is 313 g/mol. The van der Waals surface area contributed by atoms with E-state index in [4.69, 9.17) is 0 Å². The zero-order valence-corrected chi connectivity index (χ0v) is 12.4. The first-order chi connectivity index (χ1) is 9.76. The maximum atomic E-state index is 12.7. The Hall–Kier alpha value is -1.94. The van der Waals surface area contributed by atoms with E-state index in [9.17, 15) is 18.0 Å². The van der Waals surface area contributed by atoms with Crippen LogP contribution in [0.4, 0.5) is 4.79 Å². The van der Waals surface area contributed by atoms with E-state index in [0.717, 1.165) is 0 Å². The fourth-order valence-electron chi connectivity index (χ4n) is 2.85. The van der Waals surface area contributed by atoms with E-state index in [-0.39, 0.29) is 24.4 Å². The van der Waals surface area contributed by atoms with E-state index >= 15 is 0 Å².